The van der Waals surface area contributed by atoms with E-state index in [4.69, 9.17) is 5.11 Å². The second-order valence-corrected chi connectivity index (χ2v) is 10.9. The van der Waals surface area contributed by atoms with Crippen molar-refractivity contribution in [2.24, 2.45) is 17.3 Å². The van der Waals surface area contributed by atoms with Crippen molar-refractivity contribution in [3.8, 4) is 0 Å². The van der Waals surface area contributed by atoms with Gasteiger partial charge in [0.05, 0.1) is 0 Å². The fraction of sp³-hybridized carbons (Fsp3) is 1.00. The van der Waals surface area contributed by atoms with Crippen molar-refractivity contribution in [2.75, 3.05) is 79.1 Å². The summed E-state index contributed by atoms with van der Waals surface area (Å²) in [6.07, 6.45) is 12.4. The molecule has 4 fully saturated rings. The van der Waals surface area contributed by atoms with E-state index in [1.165, 1.54) is 90.8 Å². The first-order valence-corrected chi connectivity index (χ1v) is 13.0. The number of likely N-dealkylation sites (tertiary alicyclic amines) is 2. The van der Waals surface area contributed by atoms with Crippen LogP contribution in [-0.2, 0) is 0 Å². The van der Waals surface area contributed by atoms with E-state index in [2.05, 4.69) is 34.0 Å². The predicted octanol–water partition coefficient (Wildman–Crippen LogP) is 2.89. The van der Waals surface area contributed by atoms with Gasteiger partial charge in [0.2, 0.25) is 0 Å². The van der Waals surface area contributed by atoms with Crippen LogP contribution < -0.4 is 5.32 Å². The zero-order chi connectivity index (χ0) is 21.2. The molecule has 4 rings (SSSR count). The molecule has 1 spiro atoms. The molecular weight excluding hydrogens is 372 g/mol. The Bertz CT molecular complexity index is 452. The van der Waals surface area contributed by atoms with Gasteiger partial charge in [-0.3, -0.25) is 0 Å². The monoisotopic (exact) mass is 422 g/mol. The summed E-state index contributed by atoms with van der Waals surface area (Å²) in [5, 5.41) is 11.9. The molecule has 3 aliphatic heterocycles. The molecule has 2 N–H and O–H groups in total. The lowest BCUT2D eigenvalue weighted by atomic mass is 9.70. The summed E-state index contributed by atoms with van der Waals surface area (Å²) >= 11 is 0. The van der Waals surface area contributed by atoms with Gasteiger partial charge in [-0.1, -0.05) is 19.8 Å². The van der Waals surface area contributed by atoms with Crippen molar-refractivity contribution in [1.82, 2.24) is 20.0 Å². The molecule has 1 saturated carbocycles. The van der Waals surface area contributed by atoms with Crippen molar-refractivity contribution in [2.45, 2.75) is 64.7 Å². The summed E-state index contributed by atoms with van der Waals surface area (Å²) in [4.78, 5) is 7.75. The van der Waals surface area contributed by atoms with E-state index < -0.39 is 0 Å². The molecular formula is C25H50N4O. The molecule has 176 valence electrons. The standard InChI is InChI=1S/C17H32N2.C8H18N2O/c1-15-3-7-17(8-4-15)9-12-19(14-17)13-16-5-10-18(2)11-6-16;11-8-2-1-5-10-6-3-9-4-7-10/h15-16H,3-14H2,1-2H3;9,11H,1-8H2. The maximum absolute atomic E-state index is 8.56. The molecule has 0 aromatic rings. The quantitative estimate of drug-likeness (QED) is 0.644. The molecule has 0 unspecified atom stereocenters. The number of aliphatic hydroxyl groups is 1. The van der Waals surface area contributed by atoms with Gasteiger partial charge in [0.1, 0.15) is 0 Å². The van der Waals surface area contributed by atoms with Gasteiger partial charge in [-0.25, -0.2) is 0 Å². The van der Waals surface area contributed by atoms with Crippen molar-refractivity contribution in [3.05, 3.63) is 0 Å². The van der Waals surface area contributed by atoms with Gasteiger partial charge >= 0.3 is 0 Å². The summed E-state index contributed by atoms with van der Waals surface area (Å²) in [6.45, 7) is 15.4. The molecule has 5 nitrogen and oxygen atoms in total. The highest BCUT2D eigenvalue weighted by molar-refractivity contribution is 4.93. The van der Waals surface area contributed by atoms with Gasteiger partial charge in [0.15, 0.2) is 0 Å². The van der Waals surface area contributed by atoms with E-state index in [9.17, 15) is 0 Å². The molecule has 0 aromatic heterocycles. The third-order valence-corrected chi connectivity index (χ3v) is 8.30. The van der Waals surface area contributed by atoms with Crippen LogP contribution in [-0.4, -0.2) is 98.9 Å². The van der Waals surface area contributed by atoms with Crippen LogP contribution in [0.4, 0.5) is 0 Å². The first-order chi connectivity index (χ1) is 14.6. The fourth-order valence-electron chi connectivity index (χ4n) is 5.96. The van der Waals surface area contributed by atoms with Gasteiger partial charge in [-0.05, 0) is 95.4 Å². The average Bonchev–Trinajstić information content (AvgIpc) is 3.16. The van der Waals surface area contributed by atoms with Crippen LogP contribution in [0.2, 0.25) is 0 Å². The third-order valence-electron chi connectivity index (χ3n) is 8.30. The molecule has 5 heteroatoms. The molecule has 1 aliphatic carbocycles. The van der Waals surface area contributed by atoms with Crippen LogP contribution >= 0.6 is 0 Å². The molecule has 30 heavy (non-hydrogen) atoms. The summed E-state index contributed by atoms with van der Waals surface area (Å²) in [6, 6.07) is 0. The summed E-state index contributed by atoms with van der Waals surface area (Å²) in [5.41, 5.74) is 0.734. The highest BCUT2D eigenvalue weighted by Crippen LogP contribution is 2.45. The van der Waals surface area contributed by atoms with E-state index in [0.717, 1.165) is 49.7 Å². The smallest absolute Gasteiger partial charge is 0.0431 e. The normalized spacial score (nSPS) is 32.3. The Morgan fingerprint density at radius 3 is 2.23 bits per heavy atom. The number of aliphatic hydroxyl groups excluding tert-OH is 1. The first-order valence-electron chi connectivity index (χ1n) is 13.0. The predicted molar refractivity (Wildman–Crippen MR) is 127 cm³/mol. The molecule has 0 atom stereocenters. The van der Waals surface area contributed by atoms with E-state index in [-0.39, 0.29) is 0 Å². The van der Waals surface area contributed by atoms with Crippen molar-refractivity contribution in [3.63, 3.8) is 0 Å². The summed E-state index contributed by atoms with van der Waals surface area (Å²) < 4.78 is 0. The minimum atomic E-state index is 0.339. The number of hydrogen-bond acceptors (Lipinski definition) is 5. The molecule has 3 saturated heterocycles. The molecule has 0 bridgehead atoms. The van der Waals surface area contributed by atoms with Crippen LogP contribution in [0.5, 0.6) is 0 Å². The van der Waals surface area contributed by atoms with Gasteiger partial charge in [-0.15, -0.1) is 0 Å². The zero-order valence-corrected chi connectivity index (χ0v) is 20.1. The largest absolute Gasteiger partial charge is 0.396 e. The molecule has 0 aromatic carbocycles. The first kappa shape index (κ1) is 24.4. The van der Waals surface area contributed by atoms with E-state index in [1.54, 1.807) is 0 Å². The van der Waals surface area contributed by atoms with Crippen LogP contribution in [0.15, 0.2) is 0 Å². The second-order valence-electron chi connectivity index (χ2n) is 10.9. The average molecular weight is 423 g/mol. The SMILES string of the molecule is CC1CCC2(CC1)CCN(CC1CCN(C)CC1)C2.OCCCCN1CCNCC1. The number of piperazine rings is 1. The van der Waals surface area contributed by atoms with E-state index >= 15 is 0 Å². The number of nitrogens with one attached hydrogen (secondary N) is 1. The van der Waals surface area contributed by atoms with E-state index in [1.807, 2.05) is 0 Å². The fourth-order valence-corrected chi connectivity index (χ4v) is 5.96. The topological polar surface area (TPSA) is 42.0 Å². The second kappa shape index (κ2) is 12.7. The molecule has 4 aliphatic rings. The Labute approximate surface area is 186 Å². The number of hydrogen-bond donors (Lipinski definition) is 2. The Hall–Kier alpha value is -0.200. The van der Waals surface area contributed by atoms with Gasteiger partial charge < -0.3 is 25.1 Å². The van der Waals surface area contributed by atoms with Gasteiger partial charge in [0, 0.05) is 45.9 Å². The maximum Gasteiger partial charge on any atom is 0.0431 e. The zero-order valence-electron chi connectivity index (χ0n) is 20.1. The number of piperidine rings is 1. The third kappa shape index (κ3) is 8.05. The van der Waals surface area contributed by atoms with Crippen molar-refractivity contribution in [1.29, 1.82) is 0 Å². The molecule has 0 radical (unpaired) electrons. The lowest BCUT2D eigenvalue weighted by molar-refractivity contribution is 0.136. The molecule has 0 amide bonds. The summed E-state index contributed by atoms with van der Waals surface area (Å²) in [7, 11) is 2.27. The van der Waals surface area contributed by atoms with Gasteiger partial charge in [0.25, 0.3) is 0 Å². The van der Waals surface area contributed by atoms with Crippen LogP contribution in [0.25, 0.3) is 0 Å². The minimum Gasteiger partial charge on any atom is -0.396 e. The molecule has 3 heterocycles. The Morgan fingerprint density at radius 2 is 1.57 bits per heavy atom. The van der Waals surface area contributed by atoms with Gasteiger partial charge in [-0.2, -0.15) is 0 Å². The van der Waals surface area contributed by atoms with Crippen LogP contribution in [0.1, 0.15) is 64.7 Å². The Balaban J connectivity index is 0.000000199. The lowest BCUT2D eigenvalue weighted by Gasteiger charge is -2.37. The minimum absolute atomic E-state index is 0.339. The Kier molecular flexibility index (Phi) is 10.4. The van der Waals surface area contributed by atoms with Crippen LogP contribution in [0, 0.1) is 17.3 Å². The highest BCUT2D eigenvalue weighted by Gasteiger charge is 2.40. The van der Waals surface area contributed by atoms with Crippen molar-refractivity contribution < 1.29 is 5.11 Å². The number of rotatable bonds is 6. The maximum atomic E-state index is 8.56. The summed E-state index contributed by atoms with van der Waals surface area (Å²) in [5.74, 6) is 1.97. The van der Waals surface area contributed by atoms with Crippen molar-refractivity contribution >= 4 is 0 Å². The highest BCUT2D eigenvalue weighted by atomic mass is 16.2. The number of unbranched alkanes of at least 4 members (excludes halogenated alkanes) is 1. The number of nitrogens with zero attached hydrogens (tertiary/aromatic N) is 3. The van der Waals surface area contributed by atoms with Crippen LogP contribution in [0.3, 0.4) is 0 Å². The van der Waals surface area contributed by atoms with E-state index in [0.29, 0.717) is 6.61 Å². The lowest BCUT2D eigenvalue weighted by Crippen LogP contribution is -2.43. The Morgan fingerprint density at radius 1 is 0.867 bits per heavy atom.